The maximum atomic E-state index is 3.69. The van der Waals surface area contributed by atoms with E-state index in [4.69, 9.17) is 0 Å². The number of hydrogen-bond acceptors (Lipinski definition) is 1. The minimum Gasteiger partial charge on any atom is -0.313 e. The third-order valence-corrected chi connectivity index (χ3v) is 1.90. The fourth-order valence-electron chi connectivity index (χ4n) is 2.01. The van der Waals surface area contributed by atoms with Crippen LogP contribution in [0.1, 0.15) is 41.0 Å². The molecule has 0 saturated carbocycles. The first-order valence-electron chi connectivity index (χ1n) is 5.08. The third kappa shape index (κ3) is 8.04. The van der Waals surface area contributed by atoms with E-state index in [9.17, 15) is 0 Å². The molecule has 0 aromatic carbocycles. The molecule has 0 aliphatic heterocycles. The normalized spacial score (nSPS) is 13.0. The summed E-state index contributed by atoms with van der Waals surface area (Å²) in [6, 6.07) is 0. The Balaban J connectivity index is 3.86. The highest BCUT2D eigenvalue weighted by Crippen LogP contribution is 2.32. The van der Waals surface area contributed by atoms with Gasteiger partial charge in [-0.15, -0.1) is 6.58 Å². The van der Waals surface area contributed by atoms with E-state index in [2.05, 4.69) is 46.5 Å². The second-order valence-electron chi connectivity index (χ2n) is 5.82. The molecular formula is C12H25N. The average molecular weight is 183 g/mol. The van der Waals surface area contributed by atoms with Crippen LogP contribution >= 0.6 is 0 Å². The van der Waals surface area contributed by atoms with Crippen molar-refractivity contribution in [2.75, 3.05) is 13.1 Å². The highest BCUT2D eigenvalue weighted by Gasteiger charge is 2.24. The summed E-state index contributed by atoms with van der Waals surface area (Å²) in [6.45, 7) is 17.2. The summed E-state index contributed by atoms with van der Waals surface area (Å²) in [4.78, 5) is 0. The predicted octanol–water partition coefficient (Wildman–Crippen LogP) is 3.22. The standard InChI is InChI=1S/C12H25N/c1-7-8-13-10-12(5,6)9-11(2,3)4/h7,13H,1,8-10H2,2-6H3. The molecule has 0 aromatic heterocycles. The second kappa shape index (κ2) is 4.80. The Morgan fingerprint density at radius 1 is 1.15 bits per heavy atom. The van der Waals surface area contributed by atoms with Crippen LogP contribution in [0.2, 0.25) is 0 Å². The minimum atomic E-state index is 0.376. The topological polar surface area (TPSA) is 12.0 Å². The van der Waals surface area contributed by atoms with Crippen molar-refractivity contribution in [3.05, 3.63) is 12.7 Å². The molecule has 0 aliphatic rings. The maximum Gasteiger partial charge on any atom is 0.0132 e. The van der Waals surface area contributed by atoms with Crippen molar-refractivity contribution in [2.45, 2.75) is 41.0 Å². The average Bonchev–Trinajstić information content (AvgIpc) is 1.81. The van der Waals surface area contributed by atoms with Gasteiger partial charge in [0.1, 0.15) is 0 Å². The van der Waals surface area contributed by atoms with Gasteiger partial charge in [-0.05, 0) is 17.3 Å². The lowest BCUT2D eigenvalue weighted by Gasteiger charge is -2.32. The smallest absolute Gasteiger partial charge is 0.0132 e. The molecule has 0 rings (SSSR count). The van der Waals surface area contributed by atoms with Gasteiger partial charge < -0.3 is 5.32 Å². The molecule has 13 heavy (non-hydrogen) atoms. The molecule has 1 nitrogen and oxygen atoms in total. The molecule has 0 amide bonds. The quantitative estimate of drug-likeness (QED) is 0.510. The fraction of sp³-hybridized carbons (Fsp3) is 0.833. The molecule has 0 bridgehead atoms. The largest absolute Gasteiger partial charge is 0.313 e. The first kappa shape index (κ1) is 12.7. The maximum absolute atomic E-state index is 3.69. The molecule has 0 aliphatic carbocycles. The summed E-state index contributed by atoms with van der Waals surface area (Å²) in [6.07, 6.45) is 3.15. The van der Waals surface area contributed by atoms with Gasteiger partial charge in [0.2, 0.25) is 0 Å². The molecule has 1 heteroatoms. The Bertz CT molecular complexity index is 151. The van der Waals surface area contributed by atoms with Crippen molar-refractivity contribution < 1.29 is 0 Å². The highest BCUT2D eigenvalue weighted by molar-refractivity contribution is 4.80. The van der Waals surface area contributed by atoms with Crippen molar-refractivity contribution in [3.8, 4) is 0 Å². The highest BCUT2D eigenvalue weighted by atomic mass is 14.9. The summed E-state index contributed by atoms with van der Waals surface area (Å²) in [5.41, 5.74) is 0.792. The molecule has 0 aromatic rings. The van der Waals surface area contributed by atoms with Crippen molar-refractivity contribution in [1.29, 1.82) is 0 Å². The fourth-order valence-corrected chi connectivity index (χ4v) is 2.01. The SMILES string of the molecule is C=CCNCC(C)(C)CC(C)(C)C. The van der Waals surface area contributed by atoms with E-state index in [-0.39, 0.29) is 0 Å². The Labute approximate surface area is 83.6 Å². The van der Waals surface area contributed by atoms with Crippen molar-refractivity contribution in [2.24, 2.45) is 10.8 Å². The van der Waals surface area contributed by atoms with Gasteiger partial charge in [0.05, 0.1) is 0 Å². The van der Waals surface area contributed by atoms with Crippen LogP contribution < -0.4 is 5.32 Å². The molecule has 0 spiro atoms. The van der Waals surface area contributed by atoms with Gasteiger partial charge in [0.15, 0.2) is 0 Å². The van der Waals surface area contributed by atoms with E-state index >= 15 is 0 Å². The zero-order valence-corrected chi connectivity index (χ0v) is 9.91. The molecule has 0 saturated heterocycles. The zero-order valence-electron chi connectivity index (χ0n) is 9.91. The van der Waals surface area contributed by atoms with E-state index < -0.39 is 0 Å². The van der Waals surface area contributed by atoms with E-state index in [1.165, 1.54) is 6.42 Å². The summed E-state index contributed by atoms with van der Waals surface area (Å²) < 4.78 is 0. The van der Waals surface area contributed by atoms with E-state index in [0.717, 1.165) is 13.1 Å². The first-order valence-corrected chi connectivity index (χ1v) is 5.08. The summed E-state index contributed by atoms with van der Waals surface area (Å²) in [5, 5.41) is 3.38. The first-order chi connectivity index (χ1) is 5.77. The Hall–Kier alpha value is -0.300. The molecule has 1 N–H and O–H groups in total. The summed E-state index contributed by atoms with van der Waals surface area (Å²) >= 11 is 0. The monoisotopic (exact) mass is 183 g/mol. The van der Waals surface area contributed by atoms with Crippen LogP contribution in [0.15, 0.2) is 12.7 Å². The van der Waals surface area contributed by atoms with Crippen LogP contribution in [-0.4, -0.2) is 13.1 Å². The van der Waals surface area contributed by atoms with Crippen molar-refractivity contribution in [1.82, 2.24) is 5.32 Å². The van der Waals surface area contributed by atoms with Crippen molar-refractivity contribution in [3.63, 3.8) is 0 Å². The lowest BCUT2D eigenvalue weighted by Crippen LogP contribution is -2.32. The number of nitrogens with one attached hydrogen (secondary N) is 1. The van der Waals surface area contributed by atoms with Gasteiger partial charge in [-0.2, -0.15) is 0 Å². The number of hydrogen-bond donors (Lipinski definition) is 1. The Kier molecular flexibility index (Phi) is 4.69. The zero-order chi connectivity index (χ0) is 10.5. The molecule has 78 valence electrons. The van der Waals surface area contributed by atoms with Crippen molar-refractivity contribution >= 4 is 0 Å². The molecule has 0 fully saturated rings. The number of rotatable bonds is 5. The minimum absolute atomic E-state index is 0.376. The molecule has 0 atom stereocenters. The molecule has 0 heterocycles. The lowest BCUT2D eigenvalue weighted by molar-refractivity contribution is 0.208. The van der Waals surface area contributed by atoms with Crippen LogP contribution in [-0.2, 0) is 0 Å². The summed E-state index contributed by atoms with van der Waals surface area (Å²) in [5.74, 6) is 0. The van der Waals surface area contributed by atoms with E-state index in [0.29, 0.717) is 10.8 Å². The third-order valence-electron chi connectivity index (χ3n) is 1.90. The molecule has 0 unspecified atom stereocenters. The van der Waals surface area contributed by atoms with Gasteiger partial charge in [0, 0.05) is 13.1 Å². The van der Waals surface area contributed by atoms with Gasteiger partial charge in [-0.25, -0.2) is 0 Å². The summed E-state index contributed by atoms with van der Waals surface area (Å²) in [7, 11) is 0. The van der Waals surface area contributed by atoms with E-state index in [1.54, 1.807) is 0 Å². The van der Waals surface area contributed by atoms with Crippen LogP contribution in [0.4, 0.5) is 0 Å². The van der Waals surface area contributed by atoms with Gasteiger partial charge in [0.25, 0.3) is 0 Å². The van der Waals surface area contributed by atoms with E-state index in [1.807, 2.05) is 6.08 Å². The van der Waals surface area contributed by atoms with Crippen LogP contribution in [0.3, 0.4) is 0 Å². The van der Waals surface area contributed by atoms with Gasteiger partial charge >= 0.3 is 0 Å². The molecular weight excluding hydrogens is 158 g/mol. The Morgan fingerprint density at radius 3 is 2.08 bits per heavy atom. The van der Waals surface area contributed by atoms with Crippen LogP contribution in [0.25, 0.3) is 0 Å². The molecule has 0 radical (unpaired) electrons. The second-order valence-corrected chi connectivity index (χ2v) is 5.82. The lowest BCUT2D eigenvalue weighted by atomic mass is 9.76. The van der Waals surface area contributed by atoms with Gasteiger partial charge in [-0.1, -0.05) is 40.7 Å². The van der Waals surface area contributed by atoms with Crippen LogP contribution in [0, 0.1) is 10.8 Å². The Morgan fingerprint density at radius 2 is 1.69 bits per heavy atom. The van der Waals surface area contributed by atoms with Gasteiger partial charge in [-0.3, -0.25) is 0 Å². The predicted molar refractivity (Wildman–Crippen MR) is 60.9 cm³/mol. The van der Waals surface area contributed by atoms with Crippen LogP contribution in [0.5, 0.6) is 0 Å².